The maximum Gasteiger partial charge on any atom is 0.326 e. The van der Waals surface area contributed by atoms with Gasteiger partial charge in [-0.2, -0.15) is 0 Å². The summed E-state index contributed by atoms with van der Waals surface area (Å²) in [4.78, 5) is 22.6. The van der Waals surface area contributed by atoms with Gasteiger partial charge in [-0.15, -0.1) is 0 Å². The SMILES string of the molecule is O=C(Nc1c(Br)cc(Br)cc1Br)N[C@@H](CCO)C(=O)O. The van der Waals surface area contributed by atoms with E-state index in [0.29, 0.717) is 14.6 Å². The summed E-state index contributed by atoms with van der Waals surface area (Å²) in [5.41, 5.74) is 0.471. The lowest BCUT2D eigenvalue weighted by Crippen LogP contribution is -2.43. The average Bonchev–Trinajstić information content (AvgIpc) is 2.33. The summed E-state index contributed by atoms with van der Waals surface area (Å²) in [7, 11) is 0. The molecule has 1 rings (SSSR count). The van der Waals surface area contributed by atoms with Crippen LogP contribution in [0.2, 0.25) is 0 Å². The molecule has 0 aliphatic rings. The smallest absolute Gasteiger partial charge is 0.326 e. The molecule has 9 heteroatoms. The summed E-state index contributed by atoms with van der Waals surface area (Å²) in [6.07, 6.45) is -0.0641. The number of halogens is 3. The van der Waals surface area contributed by atoms with E-state index in [0.717, 1.165) is 4.47 Å². The third-order valence-corrected chi connectivity index (χ3v) is 3.98. The van der Waals surface area contributed by atoms with Crippen molar-refractivity contribution in [1.29, 1.82) is 0 Å². The van der Waals surface area contributed by atoms with E-state index >= 15 is 0 Å². The van der Waals surface area contributed by atoms with Crippen LogP contribution < -0.4 is 10.6 Å². The van der Waals surface area contributed by atoms with Crippen molar-refractivity contribution in [1.82, 2.24) is 5.32 Å². The second-order valence-electron chi connectivity index (χ2n) is 3.75. The molecular formula is C11H11Br3N2O4. The highest BCUT2D eigenvalue weighted by atomic mass is 79.9. The second kappa shape index (κ2) is 7.96. The quantitative estimate of drug-likeness (QED) is 0.527. The van der Waals surface area contributed by atoms with Gasteiger partial charge in [-0.1, -0.05) is 15.9 Å². The van der Waals surface area contributed by atoms with Crippen LogP contribution in [0, 0.1) is 0 Å². The van der Waals surface area contributed by atoms with Gasteiger partial charge in [-0.05, 0) is 44.0 Å². The number of aliphatic carboxylic acids is 1. The fourth-order valence-electron chi connectivity index (χ4n) is 1.36. The number of aliphatic hydroxyl groups excluding tert-OH is 1. The minimum atomic E-state index is -1.21. The van der Waals surface area contributed by atoms with E-state index < -0.39 is 18.0 Å². The van der Waals surface area contributed by atoms with Crippen LogP contribution in [0.3, 0.4) is 0 Å². The van der Waals surface area contributed by atoms with Crippen LogP contribution >= 0.6 is 47.8 Å². The van der Waals surface area contributed by atoms with Crippen LogP contribution in [0.4, 0.5) is 10.5 Å². The summed E-state index contributed by atoms with van der Waals surface area (Å²) >= 11 is 9.89. The first-order valence-electron chi connectivity index (χ1n) is 5.41. The van der Waals surface area contributed by atoms with E-state index in [-0.39, 0.29) is 13.0 Å². The molecule has 0 heterocycles. The zero-order valence-corrected chi connectivity index (χ0v) is 14.7. The molecule has 0 spiro atoms. The number of nitrogens with one attached hydrogen (secondary N) is 2. The number of carbonyl (C=O) groups excluding carboxylic acids is 1. The van der Waals surface area contributed by atoms with Gasteiger partial charge in [0.2, 0.25) is 0 Å². The molecule has 0 saturated carbocycles. The van der Waals surface area contributed by atoms with E-state index in [1.165, 1.54) is 0 Å². The van der Waals surface area contributed by atoms with E-state index in [2.05, 4.69) is 58.4 Å². The predicted molar refractivity (Wildman–Crippen MR) is 84.8 cm³/mol. The summed E-state index contributed by atoms with van der Waals surface area (Å²) in [5, 5.41) is 22.5. The molecule has 0 aromatic heterocycles. The van der Waals surface area contributed by atoms with Crippen molar-refractivity contribution in [2.24, 2.45) is 0 Å². The third kappa shape index (κ3) is 5.04. The van der Waals surface area contributed by atoms with Crippen LogP contribution in [0.1, 0.15) is 6.42 Å². The zero-order chi connectivity index (χ0) is 15.3. The van der Waals surface area contributed by atoms with Crippen molar-refractivity contribution < 1.29 is 19.8 Å². The highest BCUT2D eigenvalue weighted by Gasteiger charge is 2.20. The van der Waals surface area contributed by atoms with Gasteiger partial charge in [-0.25, -0.2) is 9.59 Å². The lowest BCUT2D eigenvalue weighted by molar-refractivity contribution is -0.139. The number of benzene rings is 1. The van der Waals surface area contributed by atoms with Crippen molar-refractivity contribution in [2.45, 2.75) is 12.5 Å². The number of carboxylic acids is 1. The Labute approximate surface area is 140 Å². The van der Waals surface area contributed by atoms with Gasteiger partial charge in [0.15, 0.2) is 0 Å². The molecule has 110 valence electrons. The average molecular weight is 475 g/mol. The third-order valence-electron chi connectivity index (χ3n) is 2.27. The second-order valence-corrected chi connectivity index (χ2v) is 6.37. The van der Waals surface area contributed by atoms with Gasteiger partial charge >= 0.3 is 12.0 Å². The Hall–Kier alpha value is -0.640. The van der Waals surface area contributed by atoms with Gasteiger partial charge < -0.3 is 20.8 Å². The van der Waals surface area contributed by atoms with Crippen molar-refractivity contribution in [3.63, 3.8) is 0 Å². The van der Waals surface area contributed by atoms with Crippen LogP contribution in [0.25, 0.3) is 0 Å². The van der Waals surface area contributed by atoms with Crippen LogP contribution in [-0.4, -0.2) is 34.9 Å². The Morgan fingerprint density at radius 1 is 1.20 bits per heavy atom. The molecule has 2 amide bonds. The van der Waals surface area contributed by atoms with Crippen molar-refractivity contribution in [3.05, 3.63) is 25.6 Å². The molecule has 0 aliphatic carbocycles. The molecule has 0 fully saturated rings. The summed E-state index contributed by atoms with van der Waals surface area (Å²) in [5.74, 6) is -1.21. The first kappa shape index (κ1) is 17.4. The Bertz CT molecular complexity index is 501. The summed E-state index contributed by atoms with van der Waals surface area (Å²) < 4.78 is 2.07. The fourth-order valence-corrected chi connectivity index (χ4v) is 3.81. The molecule has 0 bridgehead atoms. The largest absolute Gasteiger partial charge is 0.480 e. The molecule has 0 aliphatic heterocycles. The number of carboxylic acid groups (broad SMARTS) is 1. The maximum atomic E-state index is 11.8. The highest BCUT2D eigenvalue weighted by Crippen LogP contribution is 2.34. The molecule has 1 atom stereocenters. The number of hydrogen-bond acceptors (Lipinski definition) is 3. The number of amides is 2. The fraction of sp³-hybridized carbons (Fsp3) is 0.273. The molecular weight excluding hydrogens is 464 g/mol. The van der Waals surface area contributed by atoms with Gasteiger partial charge in [-0.3, -0.25) is 0 Å². The lowest BCUT2D eigenvalue weighted by atomic mass is 10.2. The number of anilines is 1. The highest BCUT2D eigenvalue weighted by molar-refractivity contribution is 9.11. The maximum absolute atomic E-state index is 11.8. The first-order valence-corrected chi connectivity index (χ1v) is 7.78. The van der Waals surface area contributed by atoms with Crippen molar-refractivity contribution in [3.8, 4) is 0 Å². The number of hydrogen-bond donors (Lipinski definition) is 4. The Kier molecular flexibility index (Phi) is 6.93. The molecule has 20 heavy (non-hydrogen) atoms. The number of aliphatic hydroxyl groups is 1. The molecule has 1 aromatic carbocycles. The standard InChI is InChI=1S/C11H11Br3N2O4/c12-5-3-6(13)9(7(14)4-5)16-11(20)15-8(1-2-17)10(18)19/h3-4,8,17H,1-2H2,(H,18,19)(H2,15,16,20)/t8-/m0/s1. The molecule has 1 aromatic rings. The van der Waals surface area contributed by atoms with Crippen LogP contribution in [0.15, 0.2) is 25.6 Å². The van der Waals surface area contributed by atoms with E-state index in [1.54, 1.807) is 12.1 Å². The van der Waals surface area contributed by atoms with E-state index in [1.807, 2.05) is 0 Å². The van der Waals surface area contributed by atoms with Crippen LogP contribution in [-0.2, 0) is 4.79 Å². The Morgan fingerprint density at radius 3 is 2.20 bits per heavy atom. The van der Waals surface area contributed by atoms with Crippen LogP contribution in [0.5, 0.6) is 0 Å². The van der Waals surface area contributed by atoms with Crippen molar-refractivity contribution in [2.75, 3.05) is 11.9 Å². The topological polar surface area (TPSA) is 98.7 Å². The van der Waals surface area contributed by atoms with Gasteiger partial charge in [0.25, 0.3) is 0 Å². The molecule has 0 radical (unpaired) electrons. The van der Waals surface area contributed by atoms with Gasteiger partial charge in [0.1, 0.15) is 6.04 Å². The number of urea groups is 1. The van der Waals surface area contributed by atoms with E-state index in [4.69, 9.17) is 10.2 Å². The zero-order valence-electron chi connectivity index (χ0n) is 9.99. The molecule has 6 nitrogen and oxygen atoms in total. The first-order chi connectivity index (χ1) is 9.35. The van der Waals surface area contributed by atoms with Gasteiger partial charge in [0.05, 0.1) is 5.69 Å². The molecule has 0 unspecified atom stereocenters. The molecule has 4 N–H and O–H groups in total. The van der Waals surface area contributed by atoms with E-state index in [9.17, 15) is 9.59 Å². The Morgan fingerprint density at radius 2 is 1.75 bits per heavy atom. The summed E-state index contributed by atoms with van der Waals surface area (Å²) in [6, 6.07) is 1.66. The van der Waals surface area contributed by atoms with Gasteiger partial charge in [0, 0.05) is 26.4 Å². The lowest BCUT2D eigenvalue weighted by Gasteiger charge is -2.15. The minimum Gasteiger partial charge on any atom is -0.480 e. The number of rotatable bonds is 5. The number of carbonyl (C=O) groups is 2. The Balaban J connectivity index is 2.78. The van der Waals surface area contributed by atoms with Crippen molar-refractivity contribution >= 4 is 65.5 Å². The summed E-state index contributed by atoms with van der Waals surface area (Å²) in [6.45, 7) is -0.330. The monoisotopic (exact) mass is 472 g/mol. The molecule has 0 saturated heterocycles. The predicted octanol–water partition coefficient (Wildman–Crippen LogP) is 2.93. The minimum absolute atomic E-state index is 0.0641. The normalized spacial score (nSPS) is 11.8.